The van der Waals surface area contributed by atoms with Gasteiger partial charge in [0.25, 0.3) is 6.71 Å². The molecular formula is C47H44BN3. The Morgan fingerprint density at radius 2 is 1.14 bits per heavy atom. The van der Waals surface area contributed by atoms with Gasteiger partial charge in [0.15, 0.2) is 0 Å². The minimum absolute atomic E-state index is 0.0463. The van der Waals surface area contributed by atoms with E-state index in [0.29, 0.717) is 6.04 Å². The lowest BCUT2D eigenvalue weighted by atomic mass is 9.33. The van der Waals surface area contributed by atoms with Crippen LogP contribution in [0.5, 0.6) is 0 Å². The minimum atomic E-state index is -0.0463. The molecule has 3 nitrogen and oxygen atoms in total. The molecule has 1 saturated carbocycles. The predicted molar refractivity (Wildman–Crippen MR) is 217 cm³/mol. The number of nitrogens with zero attached hydrogens (tertiary/aromatic N) is 3. The standard InChI is InChI=1S/C47H44BN3/c1-46(2,3)32-28-42-45-43(29-32)50(34-20-10-6-11-21-34)41-31-40-36(47(4)27-17-16-26-44(47)51(40)35-22-12-7-13-23-35)30-38(41)48(45)37-24-14-15-25-39(37)49(42)33-18-8-5-9-19-33/h5-15,18-25,28-31,44H,16-17,26-27H2,1-4H3. The highest BCUT2D eigenvalue weighted by molar-refractivity contribution is 7.00. The summed E-state index contributed by atoms with van der Waals surface area (Å²) < 4.78 is 0. The van der Waals surface area contributed by atoms with Gasteiger partial charge in [0, 0.05) is 57.0 Å². The quantitative estimate of drug-likeness (QED) is 0.175. The molecule has 10 rings (SSSR count). The van der Waals surface area contributed by atoms with Crippen molar-refractivity contribution in [3.8, 4) is 0 Å². The van der Waals surface area contributed by atoms with E-state index in [-0.39, 0.29) is 17.5 Å². The van der Waals surface area contributed by atoms with E-state index in [1.165, 1.54) is 98.7 Å². The molecule has 6 aromatic carbocycles. The van der Waals surface area contributed by atoms with Gasteiger partial charge in [0.1, 0.15) is 0 Å². The third-order valence-electron chi connectivity index (χ3n) is 12.4. The molecule has 2 unspecified atom stereocenters. The Morgan fingerprint density at radius 3 is 1.76 bits per heavy atom. The highest BCUT2D eigenvalue weighted by Gasteiger charge is 2.52. The van der Waals surface area contributed by atoms with E-state index >= 15 is 0 Å². The first-order chi connectivity index (χ1) is 24.8. The van der Waals surface area contributed by atoms with E-state index in [1.807, 2.05) is 0 Å². The van der Waals surface area contributed by atoms with Crippen LogP contribution in [0.15, 0.2) is 140 Å². The molecule has 2 atom stereocenters. The third-order valence-corrected chi connectivity index (χ3v) is 12.4. The van der Waals surface area contributed by atoms with Crippen LogP contribution in [0.1, 0.15) is 64.5 Å². The number of benzene rings is 6. The molecule has 0 N–H and O–H groups in total. The average molecular weight is 662 g/mol. The SMILES string of the molecule is CC(C)(C)c1cc2c3c(c1)N(c1ccccc1)c1cc4c(cc1B3c1ccccc1N2c1ccccc1)C1(C)CCCCC1N4c1ccccc1. The Kier molecular flexibility index (Phi) is 6.68. The normalized spacial score (nSPS) is 20.0. The molecule has 1 aliphatic carbocycles. The van der Waals surface area contributed by atoms with Gasteiger partial charge in [-0.15, -0.1) is 0 Å². The predicted octanol–water partition coefficient (Wildman–Crippen LogP) is 10.4. The number of para-hydroxylation sites is 4. The molecule has 0 aromatic heterocycles. The fraction of sp³-hybridized carbons (Fsp3) is 0.234. The fourth-order valence-corrected chi connectivity index (χ4v) is 9.90. The van der Waals surface area contributed by atoms with Gasteiger partial charge in [-0.3, -0.25) is 0 Å². The van der Waals surface area contributed by atoms with Crippen LogP contribution in [0.25, 0.3) is 0 Å². The third kappa shape index (κ3) is 4.45. The van der Waals surface area contributed by atoms with E-state index in [0.717, 1.165) is 0 Å². The van der Waals surface area contributed by atoms with E-state index in [1.54, 1.807) is 0 Å². The van der Waals surface area contributed by atoms with Crippen molar-refractivity contribution in [1.82, 2.24) is 0 Å². The Balaban J connectivity index is 1.32. The van der Waals surface area contributed by atoms with Crippen molar-refractivity contribution in [3.05, 3.63) is 151 Å². The van der Waals surface area contributed by atoms with Crippen LogP contribution in [0, 0.1) is 0 Å². The highest BCUT2D eigenvalue weighted by atomic mass is 15.2. The zero-order valence-corrected chi connectivity index (χ0v) is 30.1. The maximum atomic E-state index is 2.70. The largest absolute Gasteiger partial charge is 0.337 e. The molecule has 0 spiro atoms. The van der Waals surface area contributed by atoms with Gasteiger partial charge in [-0.05, 0) is 106 Å². The van der Waals surface area contributed by atoms with Crippen LogP contribution in [-0.4, -0.2) is 12.8 Å². The minimum Gasteiger partial charge on any atom is -0.337 e. The Bertz CT molecular complexity index is 2290. The number of anilines is 8. The van der Waals surface area contributed by atoms with Crippen LogP contribution in [0.2, 0.25) is 0 Å². The van der Waals surface area contributed by atoms with Crippen LogP contribution < -0.4 is 31.1 Å². The summed E-state index contributed by atoms with van der Waals surface area (Å²) in [4.78, 5) is 7.82. The van der Waals surface area contributed by atoms with E-state index in [2.05, 4.69) is 182 Å². The van der Waals surface area contributed by atoms with Gasteiger partial charge in [-0.25, -0.2) is 0 Å². The fourth-order valence-electron chi connectivity index (χ4n) is 9.90. The highest BCUT2D eigenvalue weighted by Crippen LogP contribution is 2.56. The average Bonchev–Trinajstić information content (AvgIpc) is 3.41. The van der Waals surface area contributed by atoms with Crippen LogP contribution in [-0.2, 0) is 10.8 Å². The summed E-state index contributed by atoms with van der Waals surface area (Å²) in [6, 6.07) is 53.1. The lowest BCUT2D eigenvalue weighted by Gasteiger charge is -2.45. The number of hydrogen-bond acceptors (Lipinski definition) is 3. The molecular weight excluding hydrogens is 617 g/mol. The number of fused-ring (bicyclic) bond motifs is 7. The molecule has 250 valence electrons. The summed E-state index contributed by atoms with van der Waals surface area (Å²) in [5.74, 6) is 0. The van der Waals surface area contributed by atoms with Crippen LogP contribution in [0.3, 0.4) is 0 Å². The first-order valence-electron chi connectivity index (χ1n) is 18.8. The molecule has 0 amide bonds. The summed E-state index contributed by atoms with van der Waals surface area (Å²) in [7, 11) is 0. The molecule has 4 aliphatic rings. The Hall–Kier alpha value is -5.22. The first-order valence-corrected chi connectivity index (χ1v) is 18.8. The molecule has 3 aliphatic heterocycles. The second-order valence-electron chi connectivity index (χ2n) is 16.3. The summed E-state index contributed by atoms with van der Waals surface area (Å²) in [5.41, 5.74) is 17.3. The Labute approximate surface area is 303 Å². The second-order valence-corrected chi connectivity index (χ2v) is 16.3. The van der Waals surface area contributed by atoms with Gasteiger partial charge in [0.05, 0.1) is 0 Å². The van der Waals surface area contributed by atoms with Crippen molar-refractivity contribution < 1.29 is 0 Å². The topological polar surface area (TPSA) is 9.72 Å². The summed E-state index contributed by atoms with van der Waals surface area (Å²) in [5, 5.41) is 0. The van der Waals surface area contributed by atoms with Crippen LogP contribution in [0.4, 0.5) is 45.5 Å². The lowest BCUT2D eigenvalue weighted by Crippen LogP contribution is -2.61. The lowest BCUT2D eigenvalue weighted by molar-refractivity contribution is 0.290. The second kappa shape index (κ2) is 11.1. The maximum absolute atomic E-state index is 2.70. The van der Waals surface area contributed by atoms with Crippen molar-refractivity contribution in [1.29, 1.82) is 0 Å². The van der Waals surface area contributed by atoms with Gasteiger partial charge in [-0.1, -0.05) is 119 Å². The van der Waals surface area contributed by atoms with Gasteiger partial charge < -0.3 is 14.7 Å². The molecule has 4 heteroatoms. The van der Waals surface area contributed by atoms with Crippen molar-refractivity contribution in [2.45, 2.75) is 70.3 Å². The Morgan fingerprint density at radius 1 is 0.569 bits per heavy atom. The zero-order chi connectivity index (χ0) is 34.5. The summed E-state index contributed by atoms with van der Waals surface area (Å²) in [6.45, 7) is 9.71. The number of hydrogen-bond donors (Lipinski definition) is 0. The van der Waals surface area contributed by atoms with Crippen LogP contribution >= 0.6 is 0 Å². The van der Waals surface area contributed by atoms with E-state index in [4.69, 9.17) is 0 Å². The van der Waals surface area contributed by atoms with Gasteiger partial charge in [0.2, 0.25) is 0 Å². The summed E-state index contributed by atoms with van der Waals surface area (Å²) >= 11 is 0. The molecule has 3 heterocycles. The van der Waals surface area contributed by atoms with E-state index in [9.17, 15) is 0 Å². The molecule has 51 heavy (non-hydrogen) atoms. The maximum Gasteiger partial charge on any atom is 0.252 e. The van der Waals surface area contributed by atoms with Crippen molar-refractivity contribution in [3.63, 3.8) is 0 Å². The summed E-state index contributed by atoms with van der Waals surface area (Å²) in [6.07, 6.45) is 4.99. The van der Waals surface area contributed by atoms with Gasteiger partial charge in [-0.2, -0.15) is 0 Å². The van der Waals surface area contributed by atoms with E-state index < -0.39 is 0 Å². The molecule has 0 bridgehead atoms. The smallest absolute Gasteiger partial charge is 0.252 e. The molecule has 6 aromatic rings. The first kappa shape index (κ1) is 30.6. The monoisotopic (exact) mass is 661 g/mol. The van der Waals surface area contributed by atoms with Crippen molar-refractivity contribution in [2.24, 2.45) is 0 Å². The number of rotatable bonds is 3. The van der Waals surface area contributed by atoms with Crippen molar-refractivity contribution >= 4 is 68.6 Å². The van der Waals surface area contributed by atoms with Gasteiger partial charge >= 0.3 is 0 Å². The molecule has 0 radical (unpaired) electrons. The molecule has 0 saturated heterocycles. The zero-order valence-electron chi connectivity index (χ0n) is 30.1. The van der Waals surface area contributed by atoms with Crippen molar-refractivity contribution in [2.75, 3.05) is 14.7 Å². The molecule has 1 fully saturated rings.